The van der Waals surface area contributed by atoms with Crippen molar-refractivity contribution in [3.8, 4) is 16.3 Å². The number of H-pyrrole nitrogens is 1. The molecule has 0 bridgehead atoms. The van der Waals surface area contributed by atoms with Crippen molar-refractivity contribution < 1.29 is 9.53 Å². The SMILES string of the molecule is C[C@H](Oc1cccc(Cl)c1)C(=O)N1CCN(c2cc(-c3cccs3)[nH]n2)CC1. The first kappa shape index (κ1) is 18.8. The largest absolute Gasteiger partial charge is 0.481 e. The number of anilines is 1. The maximum absolute atomic E-state index is 12.7. The lowest BCUT2D eigenvalue weighted by Crippen LogP contribution is -2.52. The summed E-state index contributed by atoms with van der Waals surface area (Å²) in [6.07, 6.45) is -0.555. The molecule has 0 spiro atoms. The lowest BCUT2D eigenvalue weighted by molar-refractivity contribution is -0.138. The number of hydrogen-bond acceptors (Lipinski definition) is 5. The van der Waals surface area contributed by atoms with Gasteiger partial charge in [0, 0.05) is 37.3 Å². The molecule has 1 amide bonds. The Balaban J connectivity index is 1.33. The van der Waals surface area contributed by atoms with E-state index < -0.39 is 6.10 Å². The molecule has 6 nitrogen and oxygen atoms in total. The predicted octanol–water partition coefficient (Wildman–Crippen LogP) is 3.91. The number of ether oxygens (including phenoxy) is 1. The summed E-state index contributed by atoms with van der Waals surface area (Å²) in [5.41, 5.74) is 1.02. The number of benzene rings is 1. The fourth-order valence-corrected chi connectivity index (χ4v) is 4.11. The van der Waals surface area contributed by atoms with Crippen molar-refractivity contribution in [2.24, 2.45) is 0 Å². The highest BCUT2D eigenvalue weighted by Gasteiger charge is 2.27. The van der Waals surface area contributed by atoms with Crippen LogP contribution in [0.2, 0.25) is 5.02 Å². The van der Waals surface area contributed by atoms with Gasteiger partial charge in [-0.2, -0.15) is 5.10 Å². The predicted molar refractivity (Wildman–Crippen MR) is 112 cm³/mol. The van der Waals surface area contributed by atoms with E-state index in [1.807, 2.05) is 22.4 Å². The topological polar surface area (TPSA) is 61.5 Å². The number of rotatable bonds is 5. The molecule has 4 rings (SSSR count). The molecule has 1 fully saturated rings. The molecule has 1 aliphatic heterocycles. The number of nitrogens with one attached hydrogen (secondary N) is 1. The average Bonchev–Trinajstić information content (AvgIpc) is 3.39. The standard InChI is InChI=1S/C20H21ClN4O2S/c1-14(27-16-5-2-4-15(21)12-16)20(26)25-9-7-24(8-10-25)19-13-17(22-23-19)18-6-3-11-28-18/h2-6,11-14H,7-10H2,1H3,(H,22,23)/t14-/m0/s1. The highest BCUT2D eigenvalue weighted by atomic mass is 35.5. The molecule has 1 N–H and O–H groups in total. The van der Waals surface area contributed by atoms with Gasteiger partial charge in [-0.05, 0) is 36.6 Å². The Morgan fingerprint density at radius 3 is 2.75 bits per heavy atom. The molecule has 1 atom stereocenters. The van der Waals surface area contributed by atoms with Gasteiger partial charge in [-0.15, -0.1) is 11.3 Å². The smallest absolute Gasteiger partial charge is 0.263 e. The minimum absolute atomic E-state index is 0.0130. The van der Waals surface area contributed by atoms with E-state index in [1.165, 1.54) is 4.88 Å². The van der Waals surface area contributed by atoms with Gasteiger partial charge in [-0.25, -0.2) is 0 Å². The van der Waals surface area contributed by atoms with Crippen LogP contribution in [-0.2, 0) is 4.79 Å². The van der Waals surface area contributed by atoms with Crippen LogP contribution in [0.25, 0.3) is 10.6 Å². The fourth-order valence-electron chi connectivity index (χ4n) is 3.24. The Morgan fingerprint density at radius 1 is 1.21 bits per heavy atom. The van der Waals surface area contributed by atoms with E-state index in [2.05, 4.69) is 27.2 Å². The van der Waals surface area contributed by atoms with Gasteiger partial charge in [0.15, 0.2) is 11.9 Å². The minimum atomic E-state index is -0.555. The van der Waals surface area contributed by atoms with Crippen LogP contribution in [0.5, 0.6) is 5.75 Å². The molecular weight excluding hydrogens is 396 g/mol. The summed E-state index contributed by atoms with van der Waals surface area (Å²) in [5, 5.41) is 10.2. The maximum atomic E-state index is 12.7. The number of amides is 1. The summed E-state index contributed by atoms with van der Waals surface area (Å²) < 4.78 is 5.76. The molecule has 0 aliphatic carbocycles. The number of aromatic nitrogens is 2. The van der Waals surface area contributed by atoms with Crippen LogP contribution >= 0.6 is 22.9 Å². The molecule has 8 heteroatoms. The molecule has 28 heavy (non-hydrogen) atoms. The fraction of sp³-hybridized carbons (Fsp3) is 0.300. The van der Waals surface area contributed by atoms with Crippen molar-refractivity contribution in [3.63, 3.8) is 0 Å². The quantitative estimate of drug-likeness (QED) is 0.685. The van der Waals surface area contributed by atoms with Gasteiger partial charge in [0.2, 0.25) is 0 Å². The Morgan fingerprint density at radius 2 is 2.04 bits per heavy atom. The van der Waals surface area contributed by atoms with Gasteiger partial charge in [0.1, 0.15) is 5.75 Å². The van der Waals surface area contributed by atoms with Gasteiger partial charge >= 0.3 is 0 Å². The number of thiophene rings is 1. The Labute approximate surface area is 172 Å². The molecule has 3 aromatic rings. The Hall–Kier alpha value is -2.51. The van der Waals surface area contributed by atoms with E-state index in [0.29, 0.717) is 23.9 Å². The molecule has 1 aliphatic rings. The summed E-state index contributed by atoms with van der Waals surface area (Å²) in [5.74, 6) is 1.50. The highest BCUT2D eigenvalue weighted by Crippen LogP contribution is 2.26. The molecular formula is C20H21ClN4O2S. The second-order valence-electron chi connectivity index (χ2n) is 6.65. The average molecular weight is 417 g/mol. The summed E-state index contributed by atoms with van der Waals surface area (Å²) in [6.45, 7) is 4.54. The van der Waals surface area contributed by atoms with Crippen LogP contribution in [0.4, 0.5) is 5.82 Å². The summed E-state index contributed by atoms with van der Waals surface area (Å²) in [4.78, 5) is 17.9. The lowest BCUT2D eigenvalue weighted by Gasteiger charge is -2.35. The van der Waals surface area contributed by atoms with Gasteiger partial charge in [0.05, 0.1) is 10.6 Å². The van der Waals surface area contributed by atoms with Crippen molar-refractivity contribution in [2.45, 2.75) is 13.0 Å². The summed E-state index contributed by atoms with van der Waals surface area (Å²) in [7, 11) is 0. The normalized spacial score (nSPS) is 15.5. The monoisotopic (exact) mass is 416 g/mol. The van der Waals surface area contributed by atoms with Crippen molar-refractivity contribution in [1.82, 2.24) is 15.1 Å². The zero-order valence-corrected chi connectivity index (χ0v) is 17.0. The van der Waals surface area contributed by atoms with Crippen LogP contribution < -0.4 is 9.64 Å². The van der Waals surface area contributed by atoms with Crippen LogP contribution in [-0.4, -0.2) is 53.3 Å². The minimum Gasteiger partial charge on any atom is -0.481 e. The molecule has 0 radical (unpaired) electrons. The third-order valence-corrected chi connectivity index (χ3v) is 5.86. The van der Waals surface area contributed by atoms with Crippen LogP contribution in [0.1, 0.15) is 6.92 Å². The van der Waals surface area contributed by atoms with E-state index in [-0.39, 0.29) is 5.91 Å². The van der Waals surface area contributed by atoms with Crippen molar-refractivity contribution in [1.29, 1.82) is 0 Å². The van der Waals surface area contributed by atoms with Crippen LogP contribution in [0.3, 0.4) is 0 Å². The van der Waals surface area contributed by atoms with Gasteiger partial charge in [0.25, 0.3) is 5.91 Å². The molecule has 2 aromatic heterocycles. The third-order valence-electron chi connectivity index (χ3n) is 4.72. The first-order chi connectivity index (χ1) is 13.6. The van der Waals surface area contributed by atoms with E-state index in [4.69, 9.17) is 16.3 Å². The number of piperazine rings is 1. The molecule has 146 valence electrons. The second kappa shape index (κ2) is 8.24. The zero-order chi connectivity index (χ0) is 19.5. The van der Waals surface area contributed by atoms with Crippen LogP contribution in [0, 0.1) is 0 Å². The van der Waals surface area contributed by atoms with Crippen molar-refractivity contribution >= 4 is 34.7 Å². The van der Waals surface area contributed by atoms with Crippen LogP contribution in [0.15, 0.2) is 47.8 Å². The zero-order valence-electron chi connectivity index (χ0n) is 15.5. The van der Waals surface area contributed by atoms with Crippen molar-refractivity contribution in [3.05, 3.63) is 52.9 Å². The molecule has 1 aromatic carbocycles. The third kappa shape index (κ3) is 4.15. The van der Waals surface area contributed by atoms with Gasteiger partial charge in [-0.1, -0.05) is 23.7 Å². The van der Waals surface area contributed by atoms with E-state index in [9.17, 15) is 4.79 Å². The highest BCUT2D eigenvalue weighted by molar-refractivity contribution is 7.13. The first-order valence-corrected chi connectivity index (χ1v) is 10.4. The van der Waals surface area contributed by atoms with E-state index >= 15 is 0 Å². The second-order valence-corrected chi connectivity index (χ2v) is 8.03. The molecule has 3 heterocycles. The van der Waals surface area contributed by atoms with E-state index in [0.717, 1.165) is 24.6 Å². The number of carbonyl (C=O) groups excluding carboxylic acids is 1. The number of halogens is 1. The summed E-state index contributed by atoms with van der Waals surface area (Å²) >= 11 is 7.66. The number of aromatic amines is 1. The number of hydrogen-bond donors (Lipinski definition) is 1. The van der Waals surface area contributed by atoms with E-state index in [1.54, 1.807) is 36.5 Å². The van der Waals surface area contributed by atoms with Gasteiger partial charge < -0.3 is 14.5 Å². The number of carbonyl (C=O) groups is 1. The Kier molecular flexibility index (Phi) is 5.54. The molecule has 0 unspecified atom stereocenters. The first-order valence-electron chi connectivity index (χ1n) is 9.15. The molecule has 0 saturated carbocycles. The maximum Gasteiger partial charge on any atom is 0.263 e. The van der Waals surface area contributed by atoms with Gasteiger partial charge in [-0.3, -0.25) is 9.89 Å². The summed E-state index contributed by atoms with van der Waals surface area (Å²) in [6, 6.07) is 13.3. The Bertz CT molecular complexity index is 935. The van der Waals surface area contributed by atoms with Crippen molar-refractivity contribution in [2.75, 3.05) is 31.1 Å². The molecule has 1 saturated heterocycles. The lowest BCUT2D eigenvalue weighted by atomic mass is 10.2. The number of nitrogens with zero attached hydrogens (tertiary/aromatic N) is 3.